The van der Waals surface area contributed by atoms with Gasteiger partial charge >= 0.3 is 0 Å². The summed E-state index contributed by atoms with van der Waals surface area (Å²) in [6.07, 6.45) is 6.90. The van der Waals surface area contributed by atoms with Gasteiger partial charge in [0.25, 0.3) is 0 Å². The van der Waals surface area contributed by atoms with Crippen LogP contribution in [0.3, 0.4) is 0 Å². The number of aromatic nitrogens is 5. The van der Waals surface area contributed by atoms with Gasteiger partial charge in [0.15, 0.2) is 5.65 Å². The van der Waals surface area contributed by atoms with Crippen LogP contribution in [0.15, 0.2) is 49.6 Å². The van der Waals surface area contributed by atoms with Crippen molar-refractivity contribution in [3.63, 3.8) is 0 Å². The highest BCUT2D eigenvalue weighted by Crippen LogP contribution is 2.30. The number of rotatable bonds is 3. The Labute approximate surface area is 119 Å². The van der Waals surface area contributed by atoms with Crippen molar-refractivity contribution in [1.82, 2.24) is 24.8 Å². The average molecular weight is 277 g/mol. The zero-order valence-corrected chi connectivity index (χ0v) is 11.0. The van der Waals surface area contributed by atoms with Crippen molar-refractivity contribution in [2.75, 3.05) is 0 Å². The monoisotopic (exact) mass is 277 g/mol. The molecule has 3 heterocycles. The predicted octanol–water partition coefficient (Wildman–Crippen LogP) is 3.04. The van der Waals surface area contributed by atoms with Gasteiger partial charge in [-0.3, -0.25) is 0 Å². The molecule has 6 heteroatoms. The minimum Gasteiger partial charge on any atom is -0.435 e. The molecule has 0 saturated heterocycles. The molecule has 0 aliphatic rings. The molecular formula is C15H11N5O. The molecule has 6 nitrogen and oxygen atoms in total. The van der Waals surface area contributed by atoms with Crippen LogP contribution >= 0.6 is 0 Å². The van der Waals surface area contributed by atoms with Gasteiger partial charge in [0.1, 0.15) is 12.1 Å². The number of hydrogen-bond donors (Lipinski definition) is 1. The number of nitrogens with one attached hydrogen (secondary N) is 1. The highest BCUT2D eigenvalue weighted by atomic mass is 16.5. The van der Waals surface area contributed by atoms with E-state index in [2.05, 4.69) is 26.9 Å². The molecule has 0 amide bonds. The zero-order valence-electron chi connectivity index (χ0n) is 11.0. The van der Waals surface area contributed by atoms with E-state index in [-0.39, 0.29) is 0 Å². The van der Waals surface area contributed by atoms with Crippen molar-refractivity contribution in [3.05, 3.63) is 55.1 Å². The molecule has 0 aliphatic carbocycles. The summed E-state index contributed by atoms with van der Waals surface area (Å²) >= 11 is 0. The Morgan fingerprint density at radius 1 is 1.24 bits per heavy atom. The Hall–Kier alpha value is -3.15. The fourth-order valence-corrected chi connectivity index (χ4v) is 2.25. The van der Waals surface area contributed by atoms with Crippen molar-refractivity contribution >= 4 is 22.5 Å². The summed E-state index contributed by atoms with van der Waals surface area (Å²) < 4.78 is 7.46. The number of benzene rings is 1. The molecule has 1 aromatic carbocycles. The van der Waals surface area contributed by atoms with Crippen LogP contribution in [0.5, 0.6) is 11.6 Å². The summed E-state index contributed by atoms with van der Waals surface area (Å²) in [6.45, 7) is 3.80. The van der Waals surface area contributed by atoms with Crippen LogP contribution < -0.4 is 4.74 Å². The summed E-state index contributed by atoms with van der Waals surface area (Å²) in [5, 5.41) is 14.2. The first-order valence-electron chi connectivity index (χ1n) is 6.42. The van der Waals surface area contributed by atoms with E-state index in [0.29, 0.717) is 17.3 Å². The number of H-pyrrole nitrogens is 1. The van der Waals surface area contributed by atoms with Crippen LogP contribution in [0.1, 0.15) is 5.56 Å². The van der Waals surface area contributed by atoms with Gasteiger partial charge in [-0.05, 0) is 23.8 Å². The second kappa shape index (κ2) is 4.45. The molecule has 0 fully saturated rings. The van der Waals surface area contributed by atoms with E-state index in [4.69, 9.17) is 4.74 Å². The average Bonchev–Trinajstić information content (AvgIpc) is 3.18. The Morgan fingerprint density at radius 3 is 3.00 bits per heavy atom. The van der Waals surface area contributed by atoms with Crippen molar-refractivity contribution in [2.24, 2.45) is 0 Å². The van der Waals surface area contributed by atoms with Crippen LogP contribution in [-0.2, 0) is 0 Å². The first-order chi connectivity index (χ1) is 10.3. The molecule has 0 aliphatic heterocycles. The largest absolute Gasteiger partial charge is 0.435 e. The lowest BCUT2D eigenvalue weighted by Crippen LogP contribution is -1.97. The third-order valence-corrected chi connectivity index (χ3v) is 3.26. The van der Waals surface area contributed by atoms with Gasteiger partial charge in [-0.1, -0.05) is 18.7 Å². The molecule has 4 aromatic rings. The van der Waals surface area contributed by atoms with Crippen LogP contribution in [0.4, 0.5) is 0 Å². The van der Waals surface area contributed by atoms with Gasteiger partial charge in [-0.25, -0.2) is 0 Å². The van der Waals surface area contributed by atoms with E-state index in [0.717, 1.165) is 16.3 Å². The maximum atomic E-state index is 5.86. The van der Waals surface area contributed by atoms with Crippen molar-refractivity contribution in [3.8, 4) is 11.6 Å². The molecule has 4 rings (SSSR count). The van der Waals surface area contributed by atoms with Crippen molar-refractivity contribution in [1.29, 1.82) is 0 Å². The Kier molecular flexibility index (Phi) is 2.47. The summed E-state index contributed by atoms with van der Waals surface area (Å²) in [5.41, 5.74) is 1.69. The molecule has 3 aromatic heterocycles. The minimum absolute atomic E-state index is 0.501. The minimum atomic E-state index is 0.501. The molecule has 0 unspecified atom stereocenters. The molecule has 0 bridgehead atoms. The van der Waals surface area contributed by atoms with E-state index < -0.39 is 0 Å². The molecule has 21 heavy (non-hydrogen) atoms. The highest BCUT2D eigenvalue weighted by Gasteiger charge is 2.12. The quantitative estimate of drug-likeness (QED) is 0.625. The molecule has 0 radical (unpaired) electrons. The molecule has 0 spiro atoms. The predicted molar refractivity (Wildman–Crippen MR) is 79.2 cm³/mol. The Morgan fingerprint density at radius 2 is 2.19 bits per heavy atom. The zero-order chi connectivity index (χ0) is 14.2. The van der Waals surface area contributed by atoms with Gasteiger partial charge in [-0.15, -0.1) is 15.3 Å². The molecule has 102 valence electrons. The molecular weight excluding hydrogens is 266 g/mol. The lowest BCUT2D eigenvalue weighted by molar-refractivity contribution is 0.459. The second-order valence-electron chi connectivity index (χ2n) is 4.56. The van der Waals surface area contributed by atoms with Crippen LogP contribution in [0.25, 0.3) is 22.5 Å². The van der Waals surface area contributed by atoms with Crippen molar-refractivity contribution < 1.29 is 4.74 Å². The van der Waals surface area contributed by atoms with E-state index in [9.17, 15) is 0 Å². The molecule has 0 saturated carbocycles. The number of aromatic amines is 1. The normalized spacial score (nSPS) is 11.0. The Bertz CT molecular complexity index is 939. The third kappa shape index (κ3) is 1.85. The van der Waals surface area contributed by atoms with E-state index in [1.807, 2.05) is 24.3 Å². The maximum Gasteiger partial charge on any atom is 0.245 e. The lowest BCUT2D eigenvalue weighted by Gasteiger charge is -2.08. The van der Waals surface area contributed by atoms with E-state index in [1.54, 1.807) is 29.3 Å². The van der Waals surface area contributed by atoms with Gasteiger partial charge in [0, 0.05) is 17.8 Å². The van der Waals surface area contributed by atoms with E-state index >= 15 is 0 Å². The Balaban J connectivity index is 2.02. The van der Waals surface area contributed by atoms with Gasteiger partial charge in [-0.2, -0.15) is 4.52 Å². The summed E-state index contributed by atoms with van der Waals surface area (Å²) in [5.74, 6) is 1.20. The summed E-state index contributed by atoms with van der Waals surface area (Å²) in [4.78, 5) is 2.95. The van der Waals surface area contributed by atoms with Crippen molar-refractivity contribution in [2.45, 2.75) is 0 Å². The SMILES string of the molecule is C=Cc1ccc2c(c1)c(Oc1cc[nH]c1)nn1cnnc21. The maximum absolute atomic E-state index is 5.86. The first kappa shape index (κ1) is 11.7. The highest BCUT2D eigenvalue weighted by molar-refractivity contribution is 5.97. The smallest absolute Gasteiger partial charge is 0.245 e. The van der Waals surface area contributed by atoms with Crippen LogP contribution in [-0.4, -0.2) is 24.8 Å². The van der Waals surface area contributed by atoms with Crippen LogP contribution in [0.2, 0.25) is 0 Å². The third-order valence-electron chi connectivity index (χ3n) is 3.26. The number of ether oxygens (including phenoxy) is 1. The van der Waals surface area contributed by atoms with Gasteiger partial charge in [0.2, 0.25) is 5.88 Å². The number of nitrogens with zero attached hydrogens (tertiary/aromatic N) is 4. The first-order valence-corrected chi connectivity index (χ1v) is 6.42. The summed E-state index contributed by atoms with van der Waals surface area (Å²) in [7, 11) is 0. The fraction of sp³-hybridized carbons (Fsp3) is 0. The lowest BCUT2D eigenvalue weighted by atomic mass is 10.1. The molecule has 0 atom stereocenters. The van der Waals surface area contributed by atoms with Gasteiger partial charge in [0.05, 0.1) is 5.39 Å². The standard InChI is InChI=1S/C15H11N5O/c1-2-10-3-4-12-13(7-10)15(21-11-5-6-16-8-11)19-20-9-17-18-14(12)20/h2-9,16H,1H2. The van der Waals surface area contributed by atoms with Gasteiger partial charge < -0.3 is 9.72 Å². The second-order valence-corrected chi connectivity index (χ2v) is 4.56. The van der Waals surface area contributed by atoms with E-state index in [1.165, 1.54) is 0 Å². The van der Waals surface area contributed by atoms with Crippen LogP contribution in [0, 0.1) is 0 Å². The fourth-order valence-electron chi connectivity index (χ4n) is 2.25. The molecule has 1 N–H and O–H groups in total. The number of fused-ring (bicyclic) bond motifs is 3. The number of hydrogen-bond acceptors (Lipinski definition) is 4. The summed E-state index contributed by atoms with van der Waals surface area (Å²) in [6, 6.07) is 7.76. The topological polar surface area (TPSA) is 68.1 Å².